The van der Waals surface area contributed by atoms with E-state index in [1.807, 2.05) is 6.20 Å². The molecule has 0 aliphatic carbocycles. The van der Waals surface area contributed by atoms with Gasteiger partial charge in [-0.25, -0.2) is 9.97 Å². The molecule has 1 unspecified atom stereocenters. The fourth-order valence-electron chi connectivity index (χ4n) is 2.71. The molecule has 2 rings (SSSR count). The molecule has 106 valence electrons. The molecule has 1 aromatic rings. The smallest absolute Gasteiger partial charge is 0.225 e. The molecular formula is C15H26N4. The summed E-state index contributed by atoms with van der Waals surface area (Å²) in [6.07, 6.45) is 6.87. The number of aromatic nitrogens is 2. The van der Waals surface area contributed by atoms with E-state index < -0.39 is 0 Å². The molecule has 2 heterocycles. The van der Waals surface area contributed by atoms with E-state index in [1.54, 1.807) is 0 Å². The first-order chi connectivity index (χ1) is 9.26. The number of anilines is 1. The predicted molar refractivity (Wildman–Crippen MR) is 79.4 cm³/mol. The van der Waals surface area contributed by atoms with Gasteiger partial charge in [-0.1, -0.05) is 13.8 Å². The Bertz CT molecular complexity index is 405. The van der Waals surface area contributed by atoms with E-state index in [4.69, 9.17) is 4.98 Å². The SMILES string of the molecule is CCCNCc1cnc(N2CCCC2CC)nc1C. The monoisotopic (exact) mass is 262 g/mol. The second-order valence-electron chi connectivity index (χ2n) is 5.36. The minimum atomic E-state index is 0.628. The van der Waals surface area contributed by atoms with E-state index >= 15 is 0 Å². The van der Waals surface area contributed by atoms with Gasteiger partial charge in [0.2, 0.25) is 5.95 Å². The standard InChI is InChI=1S/C15H26N4/c1-4-8-16-10-13-11-17-15(18-12(13)3)19-9-6-7-14(19)5-2/h11,14,16H,4-10H2,1-3H3. The number of aryl methyl sites for hydroxylation is 1. The largest absolute Gasteiger partial charge is 0.338 e. The maximum absolute atomic E-state index is 4.71. The van der Waals surface area contributed by atoms with Crippen LogP contribution in [0.1, 0.15) is 50.8 Å². The second-order valence-corrected chi connectivity index (χ2v) is 5.36. The predicted octanol–water partition coefficient (Wildman–Crippen LogP) is 2.66. The lowest BCUT2D eigenvalue weighted by Gasteiger charge is -2.24. The Morgan fingerprint density at radius 1 is 1.42 bits per heavy atom. The maximum Gasteiger partial charge on any atom is 0.225 e. The lowest BCUT2D eigenvalue weighted by atomic mass is 10.2. The van der Waals surface area contributed by atoms with Gasteiger partial charge in [-0.2, -0.15) is 0 Å². The Kier molecular flexibility index (Phi) is 5.14. The molecule has 1 aromatic heterocycles. The number of nitrogens with zero attached hydrogens (tertiary/aromatic N) is 3. The first-order valence-corrected chi connectivity index (χ1v) is 7.56. The fourth-order valence-corrected chi connectivity index (χ4v) is 2.71. The van der Waals surface area contributed by atoms with Crippen molar-refractivity contribution in [1.82, 2.24) is 15.3 Å². The van der Waals surface area contributed by atoms with Crippen molar-refractivity contribution in [2.45, 2.75) is 59.0 Å². The van der Waals surface area contributed by atoms with Crippen LogP contribution >= 0.6 is 0 Å². The molecule has 0 aromatic carbocycles. The zero-order chi connectivity index (χ0) is 13.7. The van der Waals surface area contributed by atoms with Crippen LogP contribution in [0.4, 0.5) is 5.95 Å². The van der Waals surface area contributed by atoms with Gasteiger partial charge in [0.05, 0.1) is 0 Å². The van der Waals surface area contributed by atoms with E-state index in [1.165, 1.54) is 24.8 Å². The normalized spacial score (nSPS) is 19.1. The Balaban J connectivity index is 2.05. The van der Waals surface area contributed by atoms with E-state index in [9.17, 15) is 0 Å². The molecule has 1 saturated heterocycles. The summed E-state index contributed by atoms with van der Waals surface area (Å²) in [5.74, 6) is 0.918. The number of nitrogens with one attached hydrogen (secondary N) is 1. The highest BCUT2D eigenvalue weighted by Gasteiger charge is 2.25. The highest BCUT2D eigenvalue weighted by molar-refractivity contribution is 5.35. The molecule has 4 heteroatoms. The highest BCUT2D eigenvalue weighted by atomic mass is 15.3. The summed E-state index contributed by atoms with van der Waals surface area (Å²) < 4.78 is 0. The van der Waals surface area contributed by atoms with E-state index in [2.05, 4.69) is 36.0 Å². The van der Waals surface area contributed by atoms with Crippen LogP contribution in [-0.2, 0) is 6.54 Å². The third kappa shape index (κ3) is 3.44. The first-order valence-electron chi connectivity index (χ1n) is 7.56. The molecule has 0 spiro atoms. The Morgan fingerprint density at radius 3 is 2.95 bits per heavy atom. The van der Waals surface area contributed by atoms with Gasteiger partial charge in [-0.15, -0.1) is 0 Å². The zero-order valence-corrected chi connectivity index (χ0v) is 12.4. The van der Waals surface area contributed by atoms with Gasteiger partial charge in [0.25, 0.3) is 0 Å². The lowest BCUT2D eigenvalue weighted by molar-refractivity contribution is 0.630. The van der Waals surface area contributed by atoms with Crippen molar-refractivity contribution < 1.29 is 0 Å². The minimum Gasteiger partial charge on any atom is -0.338 e. The van der Waals surface area contributed by atoms with Crippen LogP contribution < -0.4 is 10.2 Å². The van der Waals surface area contributed by atoms with Crippen LogP contribution in [0.2, 0.25) is 0 Å². The summed E-state index contributed by atoms with van der Waals surface area (Å²) in [7, 11) is 0. The van der Waals surface area contributed by atoms with Gasteiger partial charge >= 0.3 is 0 Å². The molecule has 19 heavy (non-hydrogen) atoms. The molecule has 1 aliphatic heterocycles. The Morgan fingerprint density at radius 2 is 2.26 bits per heavy atom. The quantitative estimate of drug-likeness (QED) is 0.800. The summed E-state index contributed by atoms with van der Waals surface area (Å²) in [6, 6.07) is 0.628. The summed E-state index contributed by atoms with van der Waals surface area (Å²) in [4.78, 5) is 11.7. The van der Waals surface area contributed by atoms with Gasteiger partial charge in [0, 0.05) is 36.6 Å². The summed E-state index contributed by atoms with van der Waals surface area (Å²) in [6.45, 7) is 9.54. The minimum absolute atomic E-state index is 0.628. The molecule has 4 nitrogen and oxygen atoms in total. The third-order valence-electron chi connectivity index (χ3n) is 3.92. The summed E-state index contributed by atoms with van der Waals surface area (Å²) in [5.41, 5.74) is 2.32. The first kappa shape index (κ1) is 14.3. The number of hydrogen-bond acceptors (Lipinski definition) is 4. The molecule has 1 aliphatic rings. The van der Waals surface area contributed by atoms with Crippen molar-refractivity contribution in [2.75, 3.05) is 18.0 Å². The topological polar surface area (TPSA) is 41.1 Å². The van der Waals surface area contributed by atoms with E-state index in [0.29, 0.717) is 6.04 Å². The van der Waals surface area contributed by atoms with Crippen molar-refractivity contribution in [3.8, 4) is 0 Å². The molecule has 0 bridgehead atoms. The highest BCUT2D eigenvalue weighted by Crippen LogP contribution is 2.24. The average molecular weight is 262 g/mol. The van der Waals surface area contributed by atoms with Crippen LogP contribution in [0.25, 0.3) is 0 Å². The Labute approximate surface area is 116 Å². The maximum atomic E-state index is 4.71. The fraction of sp³-hybridized carbons (Fsp3) is 0.733. The van der Waals surface area contributed by atoms with Crippen molar-refractivity contribution in [1.29, 1.82) is 0 Å². The van der Waals surface area contributed by atoms with Crippen LogP contribution in [0.3, 0.4) is 0 Å². The lowest BCUT2D eigenvalue weighted by Crippen LogP contribution is -2.30. The number of rotatable bonds is 6. The van der Waals surface area contributed by atoms with Gasteiger partial charge in [-0.05, 0) is 39.2 Å². The summed E-state index contributed by atoms with van der Waals surface area (Å²) in [5, 5.41) is 3.41. The molecule has 1 N–H and O–H groups in total. The van der Waals surface area contributed by atoms with Crippen LogP contribution in [0, 0.1) is 6.92 Å². The van der Waals surface area contributed by atoms with Crippen LogP contribution in [0.15, 0.2) is 6.20 Å². The second kappa shape index (κ2) is 6.85. The Hall–Kier alpha value is -1.16. The molecule has 0 saturated carbocycles. The van der Waals surface area contributed by atoms with E-state index in [0.717, 1.165) is 37.7 Å². The van der Waals surface area contributed by atoms with Gasteiger partial charge in [0.1, 0.15) is 0 Å². The van der Waals surface area contributed by atoms with Crippen LogP contribution in [-0.4, -0.2) is 29.1 Å². The van der Waals surface area contributed by atoms with Gasteiger partial charge in [0.15, 0.2) is 0 Å². The molecule has 0 amide bonds. The van der Waals surface area contributed by atoms with Crippen molar-refractivity contribution in [3.63, 3.8) is 0 Å². The number of hydrogen-bond donors (Lipinski definition) is 1. The van der Waals surface area contributed by atoms with Gasteiger partial charge in [-0.3, -0.25) is 0 Å². The molecule has 1 fully saturated rings. The molecule has 1 atom stereocenters. The van der Waals surface area contributed by atoms with E-state index in [-0.39, 0.29) is 0 Å². The van der Waals surface area contributed by atoms with Crippen molar-refractivity contribution >= 4 is 5.95 Å². The van der Waals surface area contributed by atoms with Crippen molar-refractivity contribution in [3.05, 3.63) is 17.5 Å². The van der Waals surface area contributed by atoms with Crippen LogP contribution in [0.5, 0.6) is 0 Å². The average Bonchev–Trinajstić information content (AvgIpc) is 2.89. The summed E-state index contributed by atoms with van der Waals surface area (Å²) >= 11 is 0. The third-order valence-corrected chi connectivity index (χ3v) is 3.92. The van der Waals surface area contributed by atoms with Gasteiger partial charge < -0.3 is 10.2 Å². The molecular weight excluding hydrogens is 236 g/mol. The van der Waals surface area contributed by atoms with Crippen molar-refractivity contribution in [2.24, 2.45) is 0 Å². The molecule has 0 radical (unpaired) electrons. The zero-order valence-electron chi connectivity index (χ0n) is 12.4.